The third-order valence-electron chi connectivity index (χ3n) is 3.98. The van der Waals surface area contributed by atoms with Gasteiger partial charge in [0.1, 0.15) is 5.82 Å². The molecule has 1 aromatic heterocycles. The third kappa shape index (κ3) is 2.06. The predicted octanol–water partition coefficient (Wildman–Crippen LogP) is 3.54. The molecular weight excluding hydrogens is 281 g/mol. The molecule has 0 amide bonds. The second-order valence-electron chi connectivity index (χ2n) is 5.41. The van der Waals surface area contributed by atoms with Crippen LogP contribution in [0.4, 0.5) is 10.1 Å². The first kappa shape index (κ1) is 13.0. The maximum Gasteiger partial charge on any atom is 0.251 e. The van der Waals surface area contributed by atoms with E-state index in [1.165, 1.54) is 17.3 Å². The second-order valence-corrected chi connectivity index (χ2v) is 5.41. The van der Waals surface area contributed by atoms with Crippen molar-refractivity contribution in [2.45, 2.75) is 6.42 Å². The molecule has 2 heterocycles. The van der Waals surface area contributed by atoms with Crippen LogP contribution in [-0.4, -0.2) is 23.8 Å². The highest BCUT2D eigenvalue weighted by Crippen LogP contribution is 2.32. The van der Waals surface area contributed by atoms with Gasteiger partial charge in [-0.15, -0.1) is 10.2 Å². The van der Waals surface area contributed by atoms with Crippen LogP contribution in [0, 0.1) is 5.82 Å². The summed E-state index contributed by atoms with van der Waals surface area (Å²) in [6, 6.07) is 12.5. The SMILES string of the molecule is CN1CCc2cc(-c3nnc(-c4ccccc4F)o3)ccc21. The van der Waals surface area contributed by atoms with Crippen molar-refractivity contribution in [2.24, 2.45) is 0 Å². The fourth-order valence-corrected chi connectivity index (χ4v) is 2.78. The number of aromatic nitrogens is 2. The third-order valence-corrected chi connectivity index (χ3v) is 3.98. The van der Waals surface area contributed by atoms with Crippen LogP contribution < -0.4 is 4.90 Å². The van der Waals surface area contributed by atoms with Crippen molar-refractivity contribution >= 4 is 5.69 Å². The van der Waals surface area contributed by atoms with Gasteiger partial charge in [0.2, 0.25) is 5.89 Å². The number of hydrogen-bond donors (Lipinski definition) is 0. The fourth-order valence-electron chi connectivity index (χ4n) is 2.78. The summed E-state index contributed by atoms with van der Waals surface area (Å²) in [6.45, 7) is 1.02. The number of anilines is 1. The lowest BCUT2D eigenvalue weighted by atomic mass is 10.1. The van der Waals surface area contributed by atoms with E-state index in [1.54, 1.807) is 18.2 Å². The molecule has 4 rings (SSSR count). The van der Waals surface area contributed by atoms with Gasteiger partial charge in [-0.25, -0.2) is 4.39 Å². The number of hydrogen-bond acceptors (Lipinski definition) is 4. The Morgan fingerprint density at radius 2 is 1.91 bits per heavy atom. The molecule has 0 atom stereocenters. The molecule has 0 unspecified atom stereocenters. The highest BCUT2D eigenvalue weighted by Gasteiger charge is 2.18. The molecule has 0 saturated carbocycles. The normalized spacial score (nSPS) is 13.5. The van der Waals surface area contributed by atoms with Crippen LogP contribution in [0.1, 0.15) is 5.56 Å². The van der Waals surface area contributed by atoms with Crippen LogP contribution in [0.5, 0.6) is 0 Å². The highest BCUT2D eigenvalue weighted by atomic mass is 19.1. The first-order valence-corrected chi connectivity index (χ1v) is 7.15. The summed E-state index contributed by atoms with van der Waals surface area (Å²) >= 11 is 0. The van der Waals surface area contributed by atoms with E-state index in [2.05, 4.69) is 34.3 Å². The van der Waals surface area contributed by atoms with E-state index in [9.17, 15) is 4.39 Å². The van der Waals surface area contributed by atoms with Crippen molar-refractivity contribution in [3.8, 4) is 22.9 Å². The molecule has 1 aliphatic rings. The highest BCUT2D eigenvalue weighted by molar-refractivity contribution is 5.66. The van der Waals surface area contributed by atoms with E-state index in [1.807, 2.05) is 6.07 Å². The lowest BCUT2D eigenvalue weighted by molar-refractivity contribution is 0.570. The lowest BCUT2D eigenvalue weighted by Crippen LogP contribution is -2.12. The molecule has 22 heavy (non-hydrogen) atoms. The van der Waals surface area contributed by atoms with Gasteiger partial charge in [0.05, 0.1) is 5.56 Å². The molecule has 0 spiro atoms. The Morgan fingerprint density at radius 1 is 1.09 bits per heavy atom. The predicted molar refractivity (Wildman–Crippen MR) is 82.1 cm³/mol. The average molecular weight is 295 g/mol. The molecule has 1 aliphatic heterocycles. The fraction of sp³-hybridized carbons (Fsp3) is 0.176. The summed E-state index contributed by atoms with van der Waals surface area (Å²) in [5, 5.41) is 8.02. The van der Waals surface area contributed by atoms with Gasteiger partial charge in [-0.1, -0.05) is 12.1 Å². The van der Waals surface area contributed by atoms with Gasteiger partial charge in [0.25, 0.3) is 5.89 Å². The van der Waals surface area contributed by atoms with Crippen molar-refractivity contribution < 1.29 is 8.81 Å². The summed E-state index contributed by atoms with van der Waals surface area (Å²) in [5.74, 6) is 0.245. The van der Waals surface area contributed by atoms with E-state index < -0.39 is 0 Å². The monoisotopic (exact) mass is 295 g/mol. The molecule has 0 N–H and O–H groups in total. The van der Waals surface area contributed by atoms with E-state index >= 15 is 0 Å². The van der Waals surface area contributed by atoms with Crippen molar-refractivity contribution in [1.29, 1.82) is 0 Å². The molecule has 0 radical (unpaired) electrons. The molecule has 0 aliphatic carbocycles. The quantitative estimate of drug-likeness (QED) is 0.725. The topological polar surface area (TPSA) is 42.2 Å². The Balaban J connectivity index is 1.72. The Kier molecular flexibility index (Phi) is 2.92. The molecule has 110 valence electrons. The van der Waals surface area contributed by atoms with Gasteiger partial charge in [0.15, 0.2) is 0 Å². The molecule has 4 nitrogen and oxygen atoms in total. The van der Waals surface area contributed by atoms with Crippen LogP contribution in [-0.2, 0) is 6.42 Å². The number of halogens is 1. The summed E-state index contributed by atoms with van der Waals surface area (Å²) in [5.41, 5.74) is 3.69. The number of fused-ring (bicyclic) bond motifs is 1. The smallest absolute Gasteiger partial charge is 0.251 e. The molecule has 3 aromatic rings. The Hall–Kier alpha value is -2.69. The number of benzene rings is 2. The second kappa shape index (κ2) is 4.94. The van der Waals surface area contributed by atoms with Gasteiger partial charge in [-0.2, -0.15) is 0 Å². The van der Waals surface area contributed by atoms with Crippen LogP contribution in [0.2, 0.25) is 0 Å². The molecule has 0 fully saturated rings. The number of rotatable bonds is 2. The Bertz CT molecular complexity index is 843. The summed E-state index contributed by atoms with van der Waals surface area (Å²) < 4.78 is 19.4. The minimum atomic E-state index is -0.367. The molecule has 2 aromatic carbocycles. The van der Waals surface area contributed by atoms with Gasteiger partial charge in [0, 0.05) is 24.8 Å². The maximum atomic E-state index is 13.8. The minimum absolute atomic E-state index is 0.200. The van der Waals surface area contributed by atoms with Gasteiger partial charge in [-0.3, -0.25) is 0 Å². The summed E-state index contributed by atoms with van der Waals surface area (Å²) in [4.78, 5) is 2.22. The summed E-state index contributed by atoms with van der Waals surface area (Å²) in [6.07, 6.45) is 1.01. The van der Waals surface area contributed by atoms with Crippen molar-refractivity contribution in [2.75, 3.05) is 18.5 Å². The van der Waals surface area contributed by atoms with E-state index in [-0.39, 0.29) is 11.7 Å². The minimum Gasteiger partial charge on any atom is -0.416 e. The van der Waals surface area contributed by atoms with Gasteiger partial charge >= 0.3 is 0 Å². The van der Waals surface area contributed by atoms with Crippen molar-refractivity contribution in [1.82, 2.24) is 10.2 Å². The largest absolute Gasteiger partial charge is 0.416 e. The Morgan fingerprint density at radius 3 is 2.77 bits per heavy atom. The zero-order chi connectivity index (χ0) is 15.1. The maximum absolute atomic E-state index is 13.8. The van der Waals surface area contributed by atoms with Crippen LogP contribution >= 0.6 is 0 Å². The van der Waals surface area contributed by atoms with E-state index in [4.69, 9.17) is 4.42 Å². The van der Waals surface area contributed by atoms with E-state index in [0.717, 1.165) is 18.5 Å². The zero-order valence-electron chi connectivity index (χ0n) is 12.1. The first-order chi connectivity index (χ1) is 10.7. The molecular formula is C17H14FN3O. The van der Waals surface area contributed by atoms with Crippen LogP contribution in [0.15, 0.2) is 46.9 Å². The first-order valence-electron chi connectivity index (χ1n) is 7.15. The molecule has 5 heteroatoms. The standard InChI is InChI=1S/C17H14FN3O/c1-21-9-8-11-10-12(6-7-15(11)21)16-19-20-17(22-16)13-4-2-3-5-14(13)18/h2-7,10H,8-9H2,1H3. The lowest BCUT2D eigenvalue weighted by Gasteiger charge is -2.11. The van der Waals surface area contributed by atoms with Crippen molar-refractivity contribution in [3.05, 3.63) is 53.8 Å². The summed E-state index contributed by atoms with van der Waals surface area (Å²) in [7, 11) is 2.08. The molecule has 0 bridgehead atoms. The zero-order valence-corrected chi connectivity index (χ0v) is 12.1. The Labute approximate surface area is 127 Å². The number of likely N-dealkylation sites (N-methyl/N-ethyl adjacent to an activating group) is 1. The van der Waals surface area contributed by atoms with Gasteiger partial charge < -0.3 is 9.32 Å². The molecule has 0 saturated heterocycles. The van der Waals surface area contributed by atoms with Crippen LogP contribution in [0.25, 0.3) is 22.9 Å². The average Bonchev–Trinajstić information content (AvgIpc) is 3.15. The number of nitrogens with zero attached hydrogens (tertiary/aromatic N) is 3. The van der Waals surface area contributed by atoms with Gasteiger partial charge in [-0.05, 0) is 42.3 Å². The van der Waals surface area contributed by atoms with Crippen molar-refractivity contribution in [3.63, 3.8) is 0 Å². The van der Waals surface area contributed by atoms with Crippen LogP contribution in [0.3, 0.4) is 0 Å². The van der Waals surface area contributed by atoms with E-state index in [0.29, 0.717) is 11.5 Å².